The fourth-order valence-corrected chi connectivity index (χ4v) is 5.00. The molecule has 0 aromatic carbocycles. The molecule has 0 spiro atoms. The minimum atomic E-state index is -0.0432. The molecule has 42 heavy (non-hydrogen) atoms. The van der Waals surface area contributed by atoms with E-state index in [1.54, 1.807) is 12.2 Å². The van der Waals surface area contributed by atoms with Gasteiger partial charge >= 0.3 is 0 Å². The van der Waals surface area contributed by atoms with Gasteiger partial charge in [-0.3, -0.25) is 9.59 Å². The molecule has 0 radical (unpaired) electrons. The van der Waals surface area contributed by atoms with Gasteiger partial charge < -0.3 is 0 Å². The third-order valence-electron chi connectivity index (χ3n) is 7.73. The predicted octanol–water partition coefficient (Wildman–Crippen LogP) is 12.9. The van der Waals surface area contributed by atoms with Crippen molar-refractivity contribution >= 4 is 12.1 Å². The van der Waals surface area contributed by atoms with E-state index in [1.165, 1.54) is 128 Å². The third kappa shape index (κ3) is 30.7. The molecule has 2 heteroatoms. The summed E-state index contributed by atoms with van der Waals surface area (Å²) in [5.41, 5.74) is 0.270. The summed E-state index contributed by atoms with van der Waals surface area (Å²) in [4.78, 5) is 23.7. The number of ketones is 1. The van der Waals surface area contributed by atoms with E-state index in [4.69, 9.17) is 0 Å². The fourth-order valence-electron chi connectivity index (χ4n) is 5.00. The van der Waals surface area contributed by atoms with E-state index in [2.05, 4.69) is 32.1 Å². The topological polar surface area (TPSA) is 34.1 Å². The maximum atomic E-state index is 12.3. The summed E-state index contributed by atoms with van der Waals surface area (Å²) < 4.78 is 0. The summed E-state index contributed by atoms with van der Waals surface area (Å²) in [5.74, 6) is -0.0432. The first kappa shape index (κ1) is 39.8. The van der Waals surface area contributed by atoms with Crippen molar-refractivity contribution in [3.63, 3.8) is 0 Å². The quantitative estimate of drug-likeness (QED) is 0.0205. The Bertz CT molecular complexity index is 777. The molecule has 0 saturated heterocycles. The highest BCUT2D eigenvalue weighted by molar-refractivity contribution is 6.11. The number of hydrogen-bond donors (Lipinski definition) is 0. The molecule has 0 unspecified atom stereocenters. The zero-order chi connectivity index (χ0) is 30.6. The maximum Gasteiger partial charge on any atom is 0.166 e. The highest BCUT2D eigenvalue weighted by atomic mass is 16.1. The van der Waals surface area contributed by atoms with Gasteiger partial charge in [-0.25, -0.2) is 0 Å². The largest absolute Gasteiger partial charge is 0.298 e. The lowest BCUT2D eigenvalue weighted by molar-refractivity contribution is -0.117. The van der Waals surface area contributed by atoms with Gasteiger partial charge in [-0.1, -0.05) is 203 Å². The second kappa shape index (κ2) is 35.0. The second-order valence-corrected chi connectivity index (χ2v) is 11.7. The van der Waals surface area contributed by atoms with E-state index in [0.717, 1.165) is 19.3 Å². The van der Waals surface area contributed by atoms with Crippen molar-refractivity contribution in [3.8, 4) is 0 Å². The van der Waals surface area contributed by atoms with Crippen LogP contribution >= 0.6 is 0 Å². The number of rotatable bonds is 31. The Labute approximate surface area is 261 Å². The fraction of sp³-hybridized carbons (Fsp3) is 0.650. The lowest BCUT2D eigenvalue weighted by Crippen LogP contribution is -2.03. The van der Waals surface area contributed by atoms with Crippen LogP contribution in [0.1, 0.15) is 168 Å². The first-order valence-electron chi connectivity index (χ1n) is 17.8. The van der Waals surface area contributed by atoms with Crippen LogP contribution in [0.4, 0.5) is 0 Å². The SMILES string of the molecule is CCCCCCCCCC=CC=CC=CC=CC=CC=C(C=O)C(=O)CCCCCCCCCCCCCCCCC. The number of hydrogen-bond acceptors (Lipinski definition) is 2. The molecule has 0 aliphatic rings. The summed E-state index contributed by atoms with van der Waals surface area (Å²) in [5, 5.41) is 0. The van der Waals surface area contributed by atoms with Gasteiger partial charge in [0.25, 0.3) is 0 Å². The lowest BCUT2D eigenvalue weighted by Gasteiger charge is -2.03. The first-order valence-corrected chi connectivity index (χ1v) is 17.8. The molecular weight excluding hydrogens is 512 g/mol. The Hall–Kier alpha value is -2.22. The van der Waals surface area contributed by atoms with E-state index >= 15 is 0 Å². The van der Waals surface area contributed by atoms with E-state index in [1.807, 2.05) is 36.5 Å². The number of Topliss-reactive ketones (excluding diaryl/α,β-unsaturated/α-hetero) is 1. The average molecular weight is 579 g/mol. The van der Waals surface area contributed by atoms with E-state index in [9.17, 15) is 9.59 Å². The Morgan fingerprint density at radius 1 is 0.429 bits per heavy atom. The normalized spacial score (nSPS) is 12.8. The average Bonchev–Trinajstić information content (AvgIpc) is 3.00. The Morgan fingerprint density at radius 3 is 1.21 bits per heavy atom. The van der Waals surface area contributed by atoms with Gasteiger partial charge in [-0.15, -0.1) is 0 Å². The van der Waals surface area contributed by atoms with Crippen LogP contribution < -0.4 is 0 Å². The van der Waals surface area contributed by atoms with Crippen LogP contribution in [0.2, 0.25) is 0 Å². The Kier molecular flexibility index (Phi) is 33.1. The van der Waals surface area contributed by atoms with Crippen LogP contribution in [-0.4, -0.2) is 12.1 Å². The third-order valence-corrected chi connectivity index (χ3v) is 7.73. The predicted molar refractivity (Wildman–Crippen MR) is 187 cm³/mol. The summed E-state index contributed by atoms with van der Waals surface area (Å²) >= 11 is 0. The molecule has 0 amide bonds. The van der Waals surface area contributed by atoms with Gasteiger partial charge in [0.2, 0.25) is 0 Å². The van der Waals surface area contributed by atoms with Crippen molar-refractivity contribution in [2.75, 3.05) is 0 Å². The van der Waals surface area contributed by atoms with Crippen LogP contribution in [0.25, 0.3) is 0 Å². The molecule has 0 aliphatic carbocycles. The molecule has 0 rings (SSSR count). The van der Waals surface area contributed by atoms with Gasteiger partial charge in [0, 0.05) is 6.42 Å². The van der Waals surface area contributed by atoms with Crippen LogP contribution in [-0.2, 0) is 9.59 Å². The zero-order valence-electron chi connectivity index (χ0n) is 27.7. The minimum Gasteiger partial charge on any atom is -0.298 e. The molecule has 0 heterocycles. The number of carbonyl (C=O) groups is 2. The van der Waals surface area contributed by atoms with Crippen molar-refractivity contribution in [1.82, 2.24) is 0 Å². The molecule has 0 aromatic heterocycles. The molecule has 0 saturated carbocycles. The second-order valence-electron chi connectivity index (χ2n) is 11.7. The summed E-state index contributed by atoms with van der Waals surface area (Å²) in [6.45, 7) is 4.54. The van der Waals surface area contributed by atoms with E-state index in [-0.39, 0.29) is 11.4 Å². The molecular formula is C40H66O2. The van der Waals surface area contributed by atoms with Crippen LogP contribution in [0.15, 0.2) is 72.4 Å². The van der Waals surface area contributed by atoms with Crippen LogP contribution in [0, 0.1) is 0 Å². The number of unbranched alkanes of at least 4 members (excludes halogenated alkanes) is 21. The number of allylic oxidation sites excluding steroid dienone is 12. The first-order chi connectivity index (χ1) is 20.8. The molecule has 0 fully saturated rings. The van der Waals surface area contributed by atoms with Gasteiger partial charge in [-0.2, -0.15) is 0 Å². The smallest absolute Gasteiger partial charge is 0.166 e. The monoisotopic (exact) mass is 579 g/mol. The van der Waals surface area contributed by atoms with Gasteiger partial charge in [0.1, 0.15) is 0 Å². The molecule has 0 N–H and O–H groups in total. The molecule has 238 valence electrons. The minimum absolute atomic E-state index is 0.0432. The number of aldehydes is 1. The standard InChI is InChI=1S/C40H66O2/c1-3-5-7-9-11-13-15-17-19-20-21-23-24-26-28-30-32-34-36-39(38-41)40(42)37-35-33-31-29-27-25-22-18-16-14-12-10-8-6-4-2/h19-21,23-24,26,28,30,32,34,36,38H,3-18,22,25,27,29,31,33,35,37H2,1-2H3. The molecule has 0 atom stereocenters. The zero-order valence-corrected chi connectivity index (χ0v) is 27.7. The molecule has 0 aliphatic heterocycles. The van der Waals surface area contributed by atoms with Crippen LogP contribution in [0.3, 0.4) is 0 Å². The highest BCUT2D eigenvalue weighted by Crippen LogP contribution is 2.14. The Balaban J connectivity index is 3.81. The van der Waals surface area contributed by atoms with Crippen molar-refractivity contribution in [2.24, 2.45) is 0 Å². The lowest BCUT2D eigenvalue weighted by atomic mass is 10.0. The van der Waals surface area contributed by atoms with Gasteiger partial charge in [0.15, 0.2) is 12.1 Å². The van der Waals surface area contributed by atoms with Crippen LogP contribution in [0.5, 0.6) is 0 Å². The molecule has 2 nitrogen and oxygen atoms in total. The summed E-state index contributed by atoms with van der Waals surface area (Å²) in [6.07, 6.45) is 52.9. The highest BCUT2D eigenvalue weighted by Gasteiger charge is 2.07. The molecule has 0 bridgehead atoms. The van der Waals surface area contributed by atoms with Gasteiger partial charge in [0.05, 0.1) is 5.57 Å². The van der Waals surface area contributed by atoms with Crippen molar-refractivity contribution in [2.45, 2.75) is 168 Å². The van der Waals surface area contributed by atoms with Gasteiger partial charge in [-0.05, 0) is 25.3 Å². The Morgan fingerprint density at radius 2 is 0.786 bits per heavy atom. The van der Waals surface area contributed by atoms with Crippen molar-refractivity contribution in [3.05, 3.63) is 72.4 Å². The molecule has 0 aromatic rings. The van der Waals surface area contributed by atoms with Crippen molar-refractivity contribution < 1.29 is 9.59 Å². The number of carbonyl (C=O) groups excluding carboxylic acids is 2. The summed E-state index contributed by atoms with van der Waals surface area (Å²) in [6, 6.07) is 0. The maximum absolute atomic E-state index is 12.3. The van der Waals surface area contributed by atoms with E-state index < -0.39 is 0 Å². The van der Waals surface area contributed by atoms with Crippen molar-refractivity contribution in [1.29, 1.82) is 0 Å². The summed E-state index contributed by atoms with van der Waals surface area (Å²) in [7, 11) is 0. The van der Waals surface area contributed by atoms with E-state index in [0.29, 0.717) is 12.7 Å².